The molecule has 110 valence electrons. The molecule has 1 aromatic heterocycles. The number of carbonyl (C=O) groups excluding carboxylic acids is 1. The van der Waals surface area contributed by atoms with Crippen molar-refractivity contribution in [2.24, 2.45) is 5.92 Å². The molecule has 1 atom stereocenters. The predicted octanol–water partition coefficient (Wildman–Crippen LogP) is 1.89. The largest absolute Gasteiger partial charge is 0.481 e. The van der Waals surface area contributed by atoms with Crippen LogP contribution in [0.15, 0.2) is 24.5 Å². The van der Waals surface area contributed by atoms with Crippen LogP contribution in [0.25, 0.3) is 11.0 Å². The number of aliphatic carboxylic acids is 1. The highest BCUT2D eigenvalue weighted by atomic mass is 16.4. The van der Waals surface area contributed by atoms with Gasteiger partial charge in [0.2, 0.25) is 0 Å². The fourth-order valence-corrected chi connectivity index (χ4v) is 2.83. The van der Waals surface area contributed by atoms with Crippen LogP contribution in [0.2, 0.25) is 0 Å². The van der Waals surface area contributed by atoms with Crippen molar-refractivity contribution in [1.82, 2.24) is 14.9 Å². The second-order valence-electron chi connectivity index (χ2n) is 5.47. The van der Waals surface area contributed by atoms with Crippen molar-refractivity contribution < 1.29 is 14.7 Å². The molecule has 0 radical (unpaired) electrons. The van der Waals surface area contributed by atoms with E-state index in [1.165, 1.54) is 0 Å². The third kappa shape index (κ3) is 2.89. The van der Waals surface area contributed by atoms with Crippen LogP contribution in [0.5, 0.6) is 0 Å². The normalized spacial score (nSPS) is 18.3. The van der Waals surface area contributed by atoms with Crippen LogP contribution >= 0.6 is 0 Å². The predicted molar refractivity (Wildman–Crippen MR) is 77.0 cm³/mol. The maximum absolute atomic E-state index is 12.5. The van der Waals surface area contributed by atoms with Crippen molar-refractivity contribution >= 4 is 22.9 Å². The minimum absolute atomic E-state index is 0.00400. The van der Waals surface area contributed by atoms with Gasteiger partial charge >= 0.3 is 5.97 Å². The maximum Gasteiger partial charge on any atom is 0.303 e. The number of hydrogen-bond donors (Lipinski definition) is 2. The fraction of sp³-hybridized carbons (Fsp3) is 0.400. The zero-order chi connectivity index (χ0) is 14.8. The number of rotatable bonds is 4. The number of carboxylic acid groups (broad SMARTS) is 1. The first-order chi connectivity index (χ1) is 10.1. The first-order valence-electron chi connectivity index (χ1n) is 7.07. The van der Waals surface area contributed by atoms with E-state index >= 15 is 0 Å². The molecule has 0 spiro atoms. The van der Waals surface area contributed by atoms with Crippen LogP contribution in [0.3, 0.4) is 0 Å². The highest BCUT2D eigenvalue weighted by Crippen LogP contribution is 2.23. The summed E-state index contributed by atoms with van der Waals surface area (Å²) >= 11 is 0. The quantitative estimate of drug-likeness (QED) is 0.899. The van der Waals surface area contributed by atoms with E-state index < -0.39 is 5.97 Å². The second kappa shape index (κ2) is 5.55. The molecule has 1 unspecified atom stereocenters. The molecule has 2 N–H and O–H groups in total. The van der Waals surface area contributed by atoms with Crippen LogP contribution in [0.1, 0.15) is 29.6 Å². The summed E-state index contributed by atoms with van der Waals surface area (Å²) in [5.41, 5.74) is 2.33. The third-order valence-corrected chi connectivity index (χ3v) is 4.01. The number of amides is 1. The Kier molecular flexibility index (Phi) is 3.60. The van der Waals surface area contributed by atoms with Crippen molar-refractivity contribution in [2.45, 2.75) is 19.3 Å². The van der Waals surface area contributed by atoms with Crippen LogP contribution in [-0.4, -0.2) is 44.9 Å². The lowest BCUT2D eigenvalue weighted by molar-refractivity contribution is -0.137. The lowest BCUT2D eigenvalue weighted by atomic mass is 10.0. The number of likely N-dealkylation sites (tertiary alicyclic amines) is 1. The number of H-pyrrole nitrogens is 1. The minimum atomic E-state index is -0.774. The van der Waals surface area contributed by atoms with Crippen LogP contribution in [0.4, 0.5) is 0 Å². The molecule has 0 aliphatic carbocycles. The Labute approximate surface area is 121 Å². The Morgan fingerprint density at radius 3 is 3.10 bits per heavy atom. The summed E-state index contributed by atoms with van der Waals surface area (Å²) in [7, 11) is 0. The van der Waals surface area contributed by atoms with Crippen molar-refractivity contribution in [3.63, 3.8) is 0 Å². The number of benzene rings is 1. The number of carboxylic acids is 1. The van der Waals surface area contributed by atoms with Gasteiger partial charge in [-0.3, -0.25) is 9.59 Å². The number of nitrogens with zero attached hydrogens (tertiary/aromatic N) is 2. The number of hydrogen-bond acceptors (Lipinski definition) is 3. The van der Waals surface area contributed by atoms with E-state index in [1.807, 2.05) is 17.0 Å². The molecule has 2 aromatic rings. The molecule has 1 saturated heterocycles. The van der Waals surface area contributed by atoms with E-state index in [1.54, 1.807) is 12.4 Å². The van der Waals surface area contributed by atoms with Gasteiger partial charge in [0.05, 0.1) is 17.4 Å². The SMILES string of the molecule is O=C(O)CCC1CCN(C(=O)c2ccc3nc[nH]c3c2)C1. The van der Waals surface area contributed by atoms with Gasteiger partial charge in [-0.15, -0.1) is 0 Å². The van der Waals surface area contributed by atoms with Crippen LogP contribution in [-0.2, 0) is 4.79 Å². The molecule has 0 saturated carbocycles. The Morgan fingerprint density at radius 1 is 1.43 bits per heavy atom. The van der Waals surface area contributed by atoms with E-state index in [0.29, 0.717) is 31.0 Å². The first-order valence-corrected chi connectivity index (χ1v) is 7.07. The van der Waals surface area contributed by atoms with Crippen molar-refractivity contribution in [3.8, 4) is 0 Å². The van der Waals surface area contributed by atoms with E-state index in [9.17, 15) is 9.59 Å². The summed E-state index contributed by atoms with van der Waals surface area (Å²) in [6.07, 6.45) is 3.30. The Morgan fingerprint density at radius 2 is 2.29 bits per heavy atom. The molecular weight excluding hydrogens is 270 g/mol. The lowest BCUT2D eigenvalue weighted by Gasteiger charge is -2.16. The molecule has 0 bridgehead atoms. The highest BCUT2D eigenvalue weighted by molar-refractivity contribution is 5.97. The van der Waals surface area contributed by atoms with Gasteiger partial charge in [0.1, 0.15) is 0 Å². The molecule has 1 amide bonds. The van der Waals surface area contributed by atoms with E-state index in [4.69, 9.17) is 5.11 Å². The minimum Gasteiger partial charge on any atom is -0.481 e. The van der Waals surface area contributed by atoms with Crippen LogP contribution < -0.4 is 0 Å². The molecule has 1 fully saturated rings. The van der Waals surface area contributed by atoms with Gasteiger partial charge in [-0.05, 0) is 37.0 Å². The molecule has 2 heterocycles. The summed E-state index contributed by atoms with van der Waals surface area (Å²) in [4.78, 5) is 32.0. The number of nitrogens with one attached hydrogen (secondary N) is 1. The molecule has 6 nitrogen and oxygen atoms in total. The standard InChI is InChI=1S/C15H17N3O3/c19-14(20)4-1-10-5-6-18(8-10)15(21)11-2-3-12-13(7-11)17-9-16-12/h2-3,7,9-10H,1,4-6,8H2,(H,16,17)(H,19,20). The molecule has 1 aromatic carbocycles. The monoisotopic (exact) mass is 287 g/mol. The van der Waals surface area contributed by atoms with E-state index in [2.05, 4.69) is 9.97 Å². The van der Waals surface area contributed by atoms with Crippen molar-refractivity contribution in [3.05, 3.63) is 30.1 Å². The van der Waals surface area contributed by atoms with Crippen molar-refractivity contribution in [1.29, 1.82) is 0 Å². The lowest BCUT2D eigenvalue weighted by Crippen LogP contribution is -2.28. The summed E-state index contributed by atoms with van der Waals surface area (Å²) in [5.74, 6) is -0.477. The average molecular weight is 287 g/mol. The zero-order valence-electron chi connectivity index (χ0n) is 11.6. The Bertz CT molecular complexity index is 680. The summed E-state index contributed by atoms with van der Waals surface area (Å²) in [5, 5.41) is 8.72. The third-order valence-electron chi connectivity index (χ3n) is 4.01. The number of imidazole rings is 1. The van der Waals surface area contributed by atoms with Crippen molar-refractivity contribution in [2.75, 3.05) is 13.1 Å². The average Bonchev–Trinajstić information content (AvgIpc) is 3.12. The summed E-state index contributed by atoms with van der Waals surface area (Å²) < 4.78 is 0. The molecule has 6 heteroatoms. The smallest absolute Gasteiger partial charge is 0.303 e. The Hall–Kier alpha value is -2.37. The molecule has 3 rings (SSSR count). The van der Waals surface area contributed by atoms with Gasteiger partial charge in [0.25, 0.3) is 5.91 Å². The second-order valence-corrected chi connectivity index (χ2v) is 5.47. The van der Waals surface area contributed by atoms with Gasteiger partial charge in [0.15, 0.2) is 0 Å². The van der Waals surface area contributed by atoms with Gasteiger partial charge in [-0.1, -0.05) is 0 Å². The highest BCUT2D eigenvalue weighted by Gasteiger charge is 2.27. The van der Waals surface area contributed by atoms with Gasteiger partial charge < -0.3 is 15.0 Å². The summed E-state index contributed by atoms with van der Waals surface area (Å²) in [6, 6.07) is 5.43. The number of aromatic amines is 1. The number of aromatic nitrogens is 2. The Balaban J connectivity index is 1.66. The summed E-state index contributed by atoms with van der Waals surface area (Å²) in [6.45, 7) is 1.34. The molecule has 1 aliphatic rings. The van der Waals surface area contributed by atoms with Crippen LogP contribution in [0, 0.1) is 5.92 Å². The maximum atomic E-state index is 12.5. The topological polar surface area (TPSA) is 86.3 Å². The van der Waals surface area contributed by atoms with E-state index in [-0.39, 0.29) is 12.3 Å². The molecule has 1 aliphatic heterocycles. The van der Waals surface area contributed by atoms with Gasteiger partial charge in [-0.2, -0.15) is 0 Å². The molecule has 21 heavy (non-hydrogen) atoms. The van der Waals surface area contributed by atoms with E-state index in [0.717, 1.165) is 17.5 Å². The first kappa shape index (κ1) is 13.6. The van der Waals surface area contributed by atoms with Gasteiger partial charge in [-0.25, -0.2) is 4.98 Å². The van der Waals surface area contributed by atoms with Gasteiger partial charge in [0, 0.05) is 25.1 Å². The number of carbonyl (C=O) groups is 2. The number of fused-ring (bicyclic) bond motifs is 1. The molecular formula is C15H17N3O3. The zero-order valence-corrected chi connectivity index (χ0v) is 11.6. The fourth-order valence-electron chi connectivity index (χ4n) is 2.83.